The van der Waals surface area contributed by atoms with Crippen molar-refractivity contribution < 1.29 is 14.7 Å². The van der Waals surface area contributed by atoms with Crippen LogP contribution in [0.4, 0.5) is 4.79 Å². The Balaban J connectivity index is 1.74. The van der Waals surface area contributed by atoms with Gasteiger partial charge in [0.15, 0.2) is 0 Å². The van der Waals surface area contributed by atoms with Gasteiger partial charge in [-0.25, -0.2) is 4.79 Å². The third-order valence-electron chi connectivity index (χ3n) is 3.82. The molecule has 0 aromatic carbocycles. The zero-order valence-corrected chi connectivity index (χ0v) is 11.3. The van der Waals surface area contributed by atoms with Crippen LogP contribution in [0.2, 0.25) is 0 Å². The van der Waals surface area contributed by atoms with Crippen molar-refractivity contribution in [3.8, 4) is 0 Å². The molecular formula is C12H20N2O3S. The van der Waals surface area contributed by atoms with E-state index in [1.807, 2.05) is 18.7 Å². The molecule has 2 saturated heterocycles. The molecule has 0 bridgehead atoms. The van der Waals surface area contributed by atoms with Crippen molar-refractivity contribution in [3.05, 3.63) is 0 Å². The molecule has 2 aliphatic heterocycles. The Kier molecular flexibility index (Phi) is 4.37. The summed E-state index contributed by atoms with van der Waals surface area (Å²) in [5.41, 5.74) is 0. The molecule has 18 heavy (non-hydrogen) atoms. The summed E-state index contributed by atoms with van der Waals surface area (Å²) in [5, 5.41) is 15.3. The number of aliphatic carboxylic acids is 1. The second-order valence-corrected chi connectivity index (χ2v) is 6.27. The number of carboxylic acid groups (broad SMARTS) is 1. The fraction of sp³-hybridized carbons (Fsp3) is 0.833. The van der Waals surface area contributed by atoms with E-state index in [1.54, 1.807) is 0 Å². The van der Waals surface area contributed by atoms with Gasteiger partial charge in [-0.05, 0) is 19.3 Å². The topological polar surface area (TPSA) is 78.4 Å². The Morgan fingerprint density at radius 3 is 3.00 bits per heavy atom. The molecule has 2 heterocycles. The SMILES string of the molecule is CCC(CCC[C@@H]1SC[C@@H]2NC(=O)N[C@@H]21)C(=O)O. The molecule has 0 spiro atoms. The Morgan fingerprint density at radius 2 is 2.33 bits per heavy atom. The molecule has 0 aromatic heterocycles. The minimum Gasteiger partial charge on any atom is -0.481 e. The first-order chi connectivity index (χ1) is 8.61. The monoisotopic (exact) mass is 272 g/mol. The molecule has 2 fully saturated rings. The van der Waals surface area contributed by atoms with E-state index >= 15 is 0 Å². The predicted molar refractivity (Wildman–Crippen MR) is 70.8 cm³/mol. The Labute approximate surface area is 111 Å². The molecule has 4 atom stereocenters. The van der Waals surface area contributed by atoms with E-state index in [4.69, 9.17) is 5.11 Å². The molecule has 0 radical (unpaired) electrons. The number of urea groups is 1. The lowest BCUT2D eigenvalue weighted by Gasteiger charge is -2.17. The van der Waals surface area contributed by atoms with Crippen LogP contribution in [-0.2, 0) is 4.79 Å². The van der Waals surface area contributed by atoms with E-state index in [-0.39, 0.29) is 24.0 Å². The fourth-order valence-electron chi connectivity index (χ4n) is 2.71. The predicted octanol–water partition coefficient (Wildman–Crippen LogP) is 1.43. The number of hydrogen-bond donors (Lipinski definition) is 3. The highest BCUT2D eigenvalue weighted by Gasteiger charge is 2.42. The van der Waals surface area contributed by atoms with Gasteiger partial charge < -0.3 is 15.7 Å². The first-order valence-electron chi connectivity index (χ1n) is 6.53. The molecule has 0 aromatic rings. The van der Waals surface area contributed by atoms with Crippen molar-refractivity contribution in [2.45, 2.75) is 49.9 Å². The van der Waals surface area contributed by atoms with Crippen LogP contribution in [0.15, 0.2) is 0 Å². The average molecular weight is 272 g/mol. The van der Waals surface area contributed by atoms with Crippen molar-refractivity contribution in [1.82, 2.24) is 10.6 Å². The van der Waals surface area contributed by atoms with Gasteiger partial charge in [0.2, 0.25) is 0 Å². The van der Waals surface area contributed by atoms with Gasteiger partial charge in [-0.15, -0.1) is 0 Å². The number of carbonyl (C=O) groups excluding carboxylic acids is 1. The lowest BCUT2D eigenvalue weighted by molar-refractivity contribution is -0.142. The van der Waals surface area contributed by atoms with Crippen LogP contribution in [-0.4, -0.2) is 40.2 Å². The van der Waals surface area contributed by atoms with Crippen molar-refractivity contribution in [2.75, 3.05) is 5.75 Å². The molecule has 2 aliphatic rings. The first kappa shape index (κ1) is 13.5. The minimum atomic E-state index is -0.690. The van der Waals surface area contributed by atoms with Crippen LogP contribution in [0.1, 0.15) is 32.6 Å². The van der Waals surface area contributed by atoms with Crippen LogP contribution in [0.5, 0.6) is 0 Å². The van der Waals surface area contributed by atoms with Gasteiger partial charge in [-0.2, -0.15) is 11.8 Å². The maximum absolute atomic E-state index is 11.2. The van der Waals surface area contributed by atoms with E-state index in [2.05, 4.69) is 10.6 Å². The minimum absolute atomic E-state index is 0.0627. The molecule has 0 aliphatic carbocycles. The van der Waals surface area contributed by atoms with E-state index in [0.29, 0.717) is 11.7 Å². The van der Waals surface area contributed by atoms with E-state index in [9.17, 15) is 9.59 Å². The smallest absolute Gasteiger partial charge is 0.315 e. The molecule has 3 N–H and O–H groups in total. The zero-order chi connectivity index (χ0) is 13.1. The quantitative estimate of drug-likeness (QED) is 0.639. The maximum Gasteiger partial charge on any atom is 0.315 e. The molecular weight excluding hydrogens is 252 g/mol. The number of amides is 2. The van der Waals surface area contributed by atoms with Crippen LogP contribution < -0.4 is 10.6 Å². The second kappa shape index (κ2) is 5.82. The molecule has 1 unspecified atom stereocenters. The number of carboxylic acids is 1. The third-order valence-corrected chi connectivity index (χ3v) is 5.33. The molecule has 2 rings (SSSR count). The maximum atomic E-state index is 11.2. The number of rotatable bonds is 6. The Morgan fingerprint density at radius 1 is 1.56 bits per heavy atom. The largest absolute Gasteiger partial charge is 0.481 e. The number of carbonyl (C=O) groups is 2. The van der Waals surface area contributed by atoms with Gasteiger partial charge in [0, 0.05) is 11.0 Å². The molecule has 2 amide bonds. The number of fused-ring (bicyclic) bond motifs is 1. The molecule has 5 nitrogen and oxygen atoms in total. The van der Waals surface area contributed by atoms with Crippen LogP contribution >= 0.6 is 11.8 Å². The van der Waals surface area contributed by atoms with Gasteiger partial charge in [-0.1, -0.05) is 13.3 Å². The lowest BCUT2D eigenvalue weighted by Crippen LogP contribution is -2.36. The highest BCUT2D eigenvalue weighted by Crippen LogP contribution is 2.33. The lowest BCUT2D eigenvalue weighted by atomic mass is 9.96. The number of hydrogen-bond acceptors (Lipinski definition) is 3. The van der Waals surface area contributed by atoms with E-state index < -0.39 is 5.97 Å². The van der Waals surface area contributed by atoms with Gasteiger partial charge >= 0.3 is 12.0 Å². The van der Waals surface area contributed by atoms with Crippen molar-refractivity contribution in [3.63, 3.8) is 0 Å². The standard InChI is InChI=1S/C12H20N2O3S/c1-2-7(11(15)16)4-3-5-9-10-8(6-18-9)13-12(17)14-10/h7-10H,2-6H2,1H3,(H,15,16)(H2,13,14,17)/t7?,8-,9-,10-/m0/s1. The normalized spacial score (nSPS) is 31.6. The highest BCUT2D eigenvalue weighted by atomic mass is 32.2. The van der Waals surface area contributed by atoms with Crippen molar-refractivity contribution in [2.24, 2.45) is 5.92 Å². The summed E-state index contributed by atoms with van der Waals surface area (Å²) in [4.78, 5) is 22.1. The summed E-state index contributed by atoms with van der Waals surface area (Å²) >= 11 is 1.88. The highest BCUT2D eigenvalue weighted by molar-refractivity contribution is 8.00. The fourth-order valence-corrected chi connectivity index (χ4v) is 4.25. The van der Waals surface area contributed by atoms with E-state index in [1.165, 1.54) is 0 Å². The van der Waals surface area contributed by atoms with Crippen molar-refractivity contribution in [1.29, 1.82) is 0 Å². The molecule has 6 heteroatoms. The van der Waals surface area contributed by atoms with Gasteiger partial charge in [0.05, 0.1) is 18.0 Å². The summed E-state index contributed by atoms with van der Waals surface area (Å²) in [6.45, 7) is 1.92. The molecule has 0 saturated carbocycles. The summed E-state index contributed by atoms with van der Waals surface area (Å²) in [6.07, 6.45) is 3.33. The van der Waals surface area contributed by atoms with Crippen LogP contribution in [0.3, 0.4) is 0 Å². The van der Waals surface area contributed by atoms with Gasteiger partial charge in [0.25, 0.3) is 0 Å². The van der Waals surface area contributed by atoms with E-state index in [0.717, 1.165) is 25.0 Å². The summed E-state index contributed by atoms with van der Waals surface area (Å²) < 4.78 is 0. The van der Waals surface area contributed by atoms with Gasteiger partial charge in [0.1, 0.15) is 0 Å². The molecule has 102 valence electrons. The Bertz CT molecular complexity index is 337. The Hall–Kier alpha value is -0.910. The first-order valence-corrected chi connectivity index (χ1v) is 7.58. The zero-order valence-electron chi connectivity index (χ0n) is 10.5. The average Bonchev–Trinajstić information content (AvgIpc) is 2.84. The summed E-state index contributed by atoms with van der Waals surface area (Å²) in [7, 11) is 0. The van der Waals surface area contributed by atoms with Crippen LogP contribution in [0.25, 0.3) is 0 Å². The van der Waals surface area contributed by atoms with Crippen molar-refractivity contribution >= 4 is 23.8 Å². The summed E-state index contributed by atoms with van der Waals surface area (Å²) in [6, 6.07) is 0.425. The summed E-state index contributed by atoms with van der Waals surface area (Å²) in [5.74, 6) is 0.0540. The third kappa shape index (κ3) is 2.91. The van der Waals surface area contributed by atoms with Gasteiger partial charge in [-0.3, -0.25) is 4.79 Å². The van der Waals surface area contributed by atoms with Crippen LogP contribution in [0, 0.1) is 5.92 Å². The number of thioether (sulfide) groups is 1. The second-order valence-electron chi connectivity index (χ2n) is 5.00. The number of nitrogens with one attached hydrogen (secondary N) is 2.